The second kappa shape index (κ2) is 3.13. The van der Waals surface area contributed by atoms with Gasteiger partial charge in [0.2, 0.25) is 0 Å². The highest BCUT2D eigenvalue weighted by Gasteiger charge is 2.05. The van der Waals surface area contributed by atoms with Crippen molar-refractivity contribution in [2.24, 2.45) is 0 Å². The van der Waals surface area contributed by atoms with Gasteiger partial charge in [0.1, 0.15) is 11.6 Å². The van der Waals surface area contributed by atoms with Crippen LogP contribution in [0.4, 0.5) is 5.82 Å². The Bertz CT molecular complexity index is 672. The van der Waals surface area contributed by atoms with Gasteiger partial charge in [0.15, 0.2) is 0 Å². The van der Waals surface area contributed by atoms with E-state index >= 15 is 0 Å². The minimum atomic E-state index is 0.524. The van der Waals surface area contributed by atoms with Crippen LogP contribution >= 0.6 is 0 Å². The van der Waals surface area contributed by atoms with E-state index in [-0.39, 0.29) is 0 Å². The Morgan fingerprint density at radius 3 is 2.81 bits per heavy atom. The Labute approximate surface area is 92.0 Å². The van der Waals surface area contributed by atoms with E-state index in [1.165, 1.54) is 0 Å². The fourth-order valence-corrected chi connectivity index (χ4v) is 1.92. The van der Waals surface area contributed by atoms with E-state index in [9.17, 15) is 0 Å². The van der Waals surface area contributed by atoms with Gasteiger partial charge < -0.3 is 15.5 Å². The number of nitrogens with one attached hydrogen (secondary N) is 1. The number of pyridine rings is 1. The van der Waals surface area contributed by atoms with Crippen molar-refractivity contribution in [1.29, 1.82) is 0 Å². The number of anilines is 1. The summed E-state index contributed by atoms with van der Waals surface area (Å²) in [5.74, 6) is 1.36. The number of ether oxygens (including phenoxy) is 1. The molecule has 4 nitrogen and oxygen atoms in total. The third-order valence-electron chi connectivity index (χ3n) is 2.71. The van der Waals surface area contributed by atoms with Gasteiger partial charge in [-0.25, -0.2) is 4.98 Å². The first-order chi connectivity index (χ1) is 7.78. The number of hydrogen-bond acceptors (Lipinski definition) is 3. The number of nitrogens with two attached hydrogens (primary N) is 1. The first kappa shape index (κ1) is 9.03. The smallest absolute Gasteiger partial charge is 0.124 e. The second-order valence-electron chi connectivity index (χ2n) is 3.69. The van der Waals surface area contributed by atoms with Gasteiger partial charge in [-0.2, -0.15) is 0 Å². The summed E-state index contributed by atoms with van der Waals surface area (Å²) in [7, 11) is 1.66. The highest BCUT2D eigenvalue weighted by atomic mass is 16.5. The number of hydrogen-bond donors (Lipinski definition) is 2. The molecule has 2 heterocycles. The zero-order valence-electron chi connectivity index (χ0n) is 8.82. The summed E-state index contributed by atoms with van der Waals surface area (Å²) in [4.78, 5) is 7.34. The third kappa shape index (κ3) is 1.20. The van der Waals surface area contributed by atoms with E-state index in [2.05, 4.69) is 9.97 Å². The van der Waals surface area contributed by atoms with Crippen LogP contribution in [0, 0.1) is 0 Å². The van der Waals surface area contributed by atoms with Crippen molar-refractivity contribution in [3.8, 4) is 5.75 Å². The molecule has 4 heteroatoms. The Hall–Kier alpha value is -2.23. The maximum absolute atomic E-state index is 5.69. The van der Waals surface area contributed by atoms with Crippen LogP contribution in [0.5, 0.6) is 5.75 Å². The molecule has 1 aromatic carbocycles. The third-order valence-corrected chi connectivity index (χ3v) is 2.71. The van der Waals surface area contributed by atoms with Crippen LogP contribution in [0.2, 0.25) is 0 Å². The molecule has 0 radical (unpaired) electrons. The summed E-state index contributed by atoms with van der Waals surface area (Å²) in [6, 6.07) is 7.78. The second-order valence-corrected chi connectivity index (χ2v) is 3.69. The SMILES string of the molecule is COc1ccc2[nH]c3cnc(N)cc3c2c1. The summed E-state index contributed by atoms with van der Waals surface area (Å²) in [6.07, 6.45) is 1.75. The largest absolute Gasteiger partial charge is 0.497 e. The lowest BCUT2D eigenvalue weighted by atomic mass is 10.2. The van der Waals surface area contributed by atoms with Gasteiger partial charge in [-0.1, -0.05) is 0 Å². The molecule has 2 aromatic heterocycles. The highest BCUT2D eigenvalue weighted by molar-refractivity contribution is 6.08. The van der Waals surface area contributed by atoms with Crippen molar-refractivity contribution in [2.75, 3.05) is 12.8 Å². The fraction of sp³-hybridized carbons (Fsp3) is 0.0833. The molecule has 0 unspecified atom stereocenters. The first-order valence-corrected chi connectivity index (χ1v) is 4.99. The number of benzene rings is 1. The number of aromatic amines is 1. The predicted molar refractivity (Wildman–Crippen MR) is 64.6 cm³/mol. The maximum atomic E-state index is 5.69. The zero-order valence-corrected chi connectivity index (χ0v) is 8.82. The molecule has 80 valence electrons. The minimum absolute atomic E-state index is 0.524. The summed E-state index contributed by atoms with van der Waals surface area (Å²) in [5.41, 5.74) is 7.73. The van der Waals surface area contributed by atoms with Gasteiger partial charge in [0, 0.05) is 16.3 Å². The summed E-state index contributed by atoms with van der Waals surface area (Å²) in [5, 5.41) is 2.17. The van der Waals surface area contributed by atoms with E-state index in [4.69, 9.17) is 10.5 Å². The molecule has 0 bridgehead atoms. The molecule has 0 aliphatic rings. The van der Waals surface area contributed by atoms with Crippen molar-refractivity contribution >= 4 is 27.6 Å². The number of H-pyrrole nitrogens is 1. The van der Waals surface area contributed by atoms with Crippen molar-refractivity contribution in [3.63, 3.8) is 0 Å². The van der Waals surface area contributed by atoms with E-state index in [1.54, 1.807) is 13.3 Å². The van der Waals surface area contributed by atoms with Crippen molar-refractivity contribution < 1.29 is 4.74 Å². The van der Waals surface area contributed by atoms with Crippen molar-refractivity contribution in [3.05, 3.63) is 30.5 Å². The van der Waals surface area contributed by atoms with Crippen LogP contribution < -0.4 is 10.5 Å². The lowest BCUT2D eigenvalue weighted by molar-refractivity contribution is 0.415. The van der Waals surface area contributed by atoms with Crippen LogP contribution in [0.25, 0.3) is 21.8 Å². The summed E-state index contributed by atoms with van der Waals surface area (Å²) in [6.45, 7) is 0. The monoisotopic (exact) mass is 213 g/mol. The van der Waals surface area contributed by atoms with Gasteiger partial charge >= 0.3 is 0 Å². The molecule has 16 heavy (non-hydrogen) atoms. The van der Waals surface area contributed by atoms with Crippen LogP contribution in [-0.2, 0) is 0 Å². The minimum Gasteiger partial charge on any atom is -0.497 e. The van der Waals surface area contributed by atoms with Gasteiger partial charge in [-0.3, -0.25) is 0 Å². The number of nitrogens with zero attached hydrogens (tertiary/aromatic N) is 1. The van der Waals surface area contributed by atoms with Gasteiger partial charge in [-0.15, -0.1) is 0 Å². The lowest BCUT2D eigenvalue weighted by Gasteiger charge is -1.98. The molecule has 3 N–H and O–H groups in total. The molecule has 0 atom stereocenters. The van der Waals surface area contributed by atoms with E-state index < -0.39 is 0 Å². The maximum Gasteiger partial charge on any atom is 0.124 e. The van der Waals surface area contributed by atoms with Gasteiger partial charge in [0.25, 0.3) is 0 Å². The van der Waals surface area contributed by atoms with Crippen molar-refractivity contribution in [1.82, 2.24) is 9.97 Å². The number of rotatable bonds is 1. The number of nitrogen functional groups attached to an aromatic ring is 1. The van der Waals surface area contributed by atoms with Gasteiger partial charge in [0.05, 0.1) is 18.8 Å². The fourth-order valence-electron chi connectivity index (χ4n) is 1.92. The summed E-state index contributed by atoms with van der Waals surface area (Å²) >= 11 is 0. The highest BCUT2D eigenvalue weighted by Crippen LogP contribution is 2.28. The van der Waals surface area contributed by atoms with Crippen molar-refractivity contribution in [2.45, 2.75) is 0 Å². The van der Waals surface area contributed by atoms with Gasteiger partial charge in [-0.05, 0) is 24.3 Å². The Morgan fingerprint density at radius 1 is 1.19 bits per heavy atom. The number of methoxy groups -OCH3 is 1. The summed E-state index contributed by atoms with van der Waals surface area (Å²) < 4.78 is 5.21. The topological polar surface area (TPSA) is 63.9 Å². The lowest BCUT2D eigenvalue weighted by Crippen LogP contribution is -1.87. The van der Waals surface area contributed by atoms with E-state index in [0.29, 0.717) is 5.82 Å². The van der Waals surface area contributed by atoms with Crippen LogP contribution in [0.3, 0.4) is 0 Å². The molecule has 3 rings (SSSR count). The molecular formula is C12H11N3O. The predicted octanol–water partition coefficient (Wildman–Crippen LogP) is 2.31. The quantitative estimate of drug-likeness (QED) is 0.652. The molecule has 0 saturated heterocycles. The molecular weight excluding hydrogens is 202 g/mol. The average Bonchev–Trinajstić information content (AvgIpc) is 2.66. The normalized spacial score (nSPS) is 11.1. The Morgan fingerprint density at radius 2 is 2.00 bits per heavy atom. The number of aromatic nitrogens is 2. The van der Waals surface area contributed by atoms with E-state index in [0.717, 1.165) is 27.6 Å². The Kier molecular flexibility index (Phi) is 1.77. The molecule has 3 aromatic rings. The Balaban J connectivity index is 2.44. The number of fused-ring (bicyclic) bond motifs is 3. The molecule has 0 amide bonds. The standard InChI is InChI=1S/C12H11N3O/c1-16-7-2-3-10-8(4-7)9-5-12(13)14-6-11(9)15-10/h2-6,15H,1H3,(H2,13,14). The van der Waals surface area contributed by atoms with Crippen LogP contribution in [0.15, 0.2) is 30.5 Å². The van der Waals surface area contributed by atoms with Crippen LogP contribution in [0.1, 0.15) is 0 Å². The van der Waals surface area contributed by atoms with Crippen LogP contribution in [-0.4, -0.2) is 17.1 Å². The van der Waals surface area contributed by atoms with E-state index in [1.807, 2.05) is 24.3 Å². The molecule has 0 aliphatic carbocycles. The zero-order chi connectivity index (χ0) is 11.1. The first-order valence-electron chi connectivity index (χ1n) is 4.99. The molecule has 0 saturated carbocycles. The molecule has 0 fully saturated rings. The average molecular weight is 213 g/mol. The molecule has 0 aliphatic heterocycles. The molecule has 0 spiro atoms.